The van der Waals surface area contributed by atoms with Crippen molar-refractivity contribution < 1.29 is 4.74 Å². The van der Waals surface area contributed by atoms with Crippen LogP contribution in [0.5, 0.6) is 0 Å². The molecule has 1 N–H and O–H groups in total. The summed E-state index contributed by atoms with van der Waals surface area (Å²) in [6.45, 7) is 9.22. The number of rotatable bonds is 5. The normalized spacial score (nSPS) is 27.8. The molecular formula is C13H26N2O. The van der Waals surface area contributed by atoms with Crippen LogP contribution in [-0.2, 0) is 4.74 Å². The quantitative estimate of drug-likeness (QED) is 0.768. The summed E-state index contributed by atoms with van der Waals surface area (Å²) in [5, 5.41) is 3.48. The zero-order chi connectivity index (χ0) is 11.2. The molecule has 0 amide bonds. The zero-order valence-electron chi connectivity index (χ0n) is 10.6. The Morgan fingerprint density at radius 2 is 2.06 bits per heavy atom. The molecule has 16 heavy (non-hydrogen) atoms. The van der Waals surface area contributed by atoms with Crippen LogP contribution in [0, 0.1) is 5.92 Å². The van der Waals surface area contributed by atoms with Crippen LogP contribution in [0.25, 0.3) is 0 Å². The Morgan fingerprint density at radius 1 is 1.25 bits per heavy atom. The molecule has 0 saturated carbocycles. The van der Waals surface area contributed by atoms with Gasteiger partial charge in [0.25, 0.3) is 0 Å². The molecule has 2 fully saturated rings. The summed E-state index contributed by atoms with van der Waals surface area (Å²) in [5.41, 5.74) is 0. The first-order valence-corrected chi connectivity index (χ1v) is 6.92. The maximum atomic E-state index is 5.44. The van der Waals surface area contributed by atoms with Crippen molar-refractivity contribution in [3.05, 3.63) is 0 Å². The third-order valence-electron chi connectivity index (χ3n) is 3.90. The highest BCUT2D eigenvalue weighted by Gasteiger charge is 2.25. The van der Waals surface area contributed by atoms with Crippen molar-refractivity contribution in [2.45, 2.75) is 38.6 Å². The van der Waals surface area contributed by atoms with Crippen molar-refractivity contribution in [2.24, 2.45) is 5.92 Å². The van der Waals surface area contributed by atoms with Crippen molar-refractivity contribution in [1.82, 2.24) is 10.2 Å². The molecule has 2 saturated heterocycles. The summed E-state index contributed by atoms with van der Waals surface area (Å²) in [6.07, 6.45) is 5.14. The molecule has 0 radical (unpaired) electrons. The predicted molar refractivity (Wildman–Crippen MR) is 66.7 cm³/mol. The first-order chi connectivity index (χ1) is 7.90. The van der Waals surface area contributed by atoms with E-state index in [1.165, 1.54) is 51.9 Å². The lowest BCUT2D eigenvalue weighted by molar-refractivity contribution is 0.0466. The number of hydrogen-bond acceptors (Lipinski definition) is 3. The average molecular weight is 226 g/mol. The molecule has 1 atom stereocenters. The summed E-state index contributed by atoms with van der Waals surface area (Å²) in [6, 6.07) is 0.794. The van der Waals surface area contributed by atoms with Gasteiger partial charge in [-0.2, -0.15) is 0 Å². The summed E-state index contributed by atoms with van der Waals surface area (Å²) in [5.74, 6) is 0.876. The third-order valence-corrected chi connectivity index (χ3v) is 3.90. The van der Waals surface area contributed by atoms with Crippen molar-refractivity contribution >= 4 is 0 Å². The maximum absolute atomic E-state index is 5.44. The van der Waals surface area contributed by atoms with E-state index in [1.54, 1.807) is 0 Å². The Morgan fingerprint density at radius 3 is 2.69 bits per heavy atom. The van der Waals surface area contributed by atoms with E-state index in [0.29, 0.717) is 0 Å². The molecule has 0 aromatic heterocycles. The monoisotopic (exact) mass is 226 g/mol. The topological polar surface area (TPSA) is 24.5 Å². The van der Waals surface area contributed by atoms with Gasteiger partial charge in [0.1, 0.15) is 0 Å². The van der Waals surface area contributed by atoms with Gasteiger partial charge in [0.15, 0.2) is 0 Å². The van der Waals surface area contributed by atoms with Gasteiger partial charge < -0.3 is 10.1 Å². The van der Waals surface area contributed by atoms with Gasteiger partial charge in [-0.15, -0.1) is 0 Å². The molecule has 0 aliphatic carbocycles. The van der Waals surface area contributed by atoms with E-state index in [1.807, 2.05) is 0 Å². The van der Waals surface area contributed by atoms with Crippen molar-refractivity contribution in [1.29, 1.82) is 0 Å². The number of ether oxygens (including phenoxy) is 1. The highest BCUT2D eigenvalue weighted by molar-refractivity contribution is 4.82. The van der Waals surface area contributed by atoms with Gasteiger partial charge in [-0.1, -0.05) is 6.92 Å². The van der Waals surface area contributed by atoms with E-state index in [0.717, 1.165) is 25.2 Å². The first-order valence-electron chi connectivity index (χ1n) is 6.92. The van der Waals surface area contributed by atoms with Crippen LogP contribution in [0.3, 0.4) is 0 Å². The minimum Gasteiger partial charge on any atom is -0.381 e. The fourth-order valence-electron chi connectivity index (χ4n) is 2.92. The fourth-order valence-corrected chi connectivity index (χ4v) is 2.92. The van der Waals surface area contributed by atoms with Crippen LogP contribution in [0.2, 0.25) is 0 Å². The van der Waals surface area contributed by atoms with Gasteiger partial charge >= 0.3 is 0 Å². The Hall–Kier alpha value is -0.120. The Labute approximate surface area is 99.5 Å². The average Bonchev–Trinajstić information content (AvgIpc) is 2.83. The van der Waals surface area contributed by atoms with Crippen LogP contribution >= 0.6 is 0 Å². The molecule has 2 heterocycles. The molecule has 0 bridgehead atoms. The van der Waals surface area contributed by atoms with Gasteiger partial charge in [-0.3, -0.25) is 4.90 Å². The summed E-state index contributed by atoms with van der Waals surface area (Å²) in [4.78, 5) is 2.72. The van der Waals surface area contributed by atoms with Gasteiger partial charge in [-0.05, 0) is 44.7 Å². The number of nitrogens with one attached hydrogen (secondary N) is 1. The smallest absolute Gasteiger partial charge is 0.0469 e. The van der Waals surface area contributed by atoms with Crippen molar-refractivity contribution in [3.63, 3.8) is 0 Å². The Bertz CT molecular complexity index is 186. The van der Waals surface area contributed by atoms with E-state index < -0.39 is 0 Å². The molecule has 0 aromatic rings. The first kappa shape index (κ1) is 12.3. The fraction of sp³-hybridized carbons (Fsp3) is 1.00. The second-order valence-electron chi connectivity index (χ2n) is 5.20. The molecular weight excluding hydrogens is 200 g/mol. The second-order valence-corrected chi connectivity index (χ2v) is 5.20. The number of nitrogens with zero attached hydrogens (tertiary/aromatic N) is 1. The van der Waals surface area contributed by atoms with E-state index >= 15 is 0 Å². The molecule has 1 unspecified atom stereocenters. The van der Waals surface area contributed by atoms with Crippen LogP contribution in [0.1, 0.15) is 32.6 Å². The highest BCUT2D eigenvalue weighted by Crippen LogP contribution is 2.19. The number of hydrogen-bond donors (Lipinski definition) is 1. The Balaban J connectivity index is 1.80. The minimum absolute atomic E-state index is 0.794. The van der Waals surface area contributed by atoms with E-state index in [9.17, 15) is 0 Å². The van der Waals surface area contributed by atoms with Crippen molar-refractivity contribution in [3.8, 4) is 0 Å². The molecule has 3 nitrogen and oxygen atoms in total. The molecule has 2 rings (SSSR count). The Kier molecular flexibility index (Phi) is 5.07. The SMILES string of the molecule is CCCN(CC1CCOCC1)C1CCNC1. The molecule has 94 valence electrons. The van der Waals surface area contributed by atoms with Crippen LogP contribution in [-0.4, -0.2) is 50.3 Å². The third kappa shape index (κ3) is 3.44. The lowest BCUT2D eigenvalue weighted by atomic mass is 9.98. The summed E-state index contributed by atoms with van der Waals surface area (Å²) < 4.78 is 5.44. The predicted octanol–water partition coefficient (Wildman–Crippen LogP) is 1.49. The van der Waals surface area contributed by atoms with Crippen LogP contribution < -0.4 is 5.32 Å². The molecule has 2 aliphatic rings. The van der Waals surface area contributed by atoms with Crippen LogP contribution in [0.15, 0.2) is 0 Å². The summed E-state index contributed by atoms with van der Waals surface area (Å²) >= 11 is 0. The van der Waals surface area contributed by atoms with Gasteiger partial charge in [0.2, 0.25) is 0 Å². The van der Waals surface area contributed by atoms with Crippen molar-refractivity contribution in [2.75, 3.05) is 39.4 Å². The van der Waals surface area contributed by atoms with E-state index in [2.05, 4.69) is 17.1 Å². The van der Waals surface area contributed by atoms with Gasteiger partial charge in [0.05, 0.1) is 0 Å². The lowest BCUT2D eigenvalue weighted by Gasteiger charge is -2.33. The van der Waals surface area contributed by atoms with E-state index in [-0.39, 0.29) is 0 Å². The molecule has 0 aromatic carbocycles. The van der Waals surface area contributed by atoms with E-state index in [4.69, 9.17) is 4.74 Å². The second kappa shape index (κ2) is 6.58. The van der Waals surface area contributed by atoms with Crippen LogP contribution in [0.4, 0.5) is 0 Å². The largest absolute Gasteiger partial charge is 0.381 e. The molecule has 0 spiro atoms. The van der Waals surface area contributed by atoms with Gasteiger partial charge in [0, 0.05) is 32.3 Å². The summed E-state index contributed by atoms with van der Waals surface area (Å²) in [7, 11) is 0. The standard InChI is InChI=1S/C13H26N2O/c1-2-7-15(13-3-6-14-10-13)11-12-4-8-16-9-5-12/h12-14H,2-11H2,1H3. The molecule has 3 heteroatoms. The van der Waals surface area contributed by atoms with Gasteiger partial charge in [-0.25, -0.2) is 0 Å². The maximum Gasteiger partial charge on any atom is 0.0469 e. The zero-order valence-corrected chi connectivity index (χ0v) is 10.6. The lowest BCUT2D eigenvalue weighted by Crippen LogP contribution is -2.41. The minimum atomic E-state index is 0.794. The molecule has 2 aliphatic heterocycles. The highest BCUT2D eigenvalue weighted by atomic mass is 16.5.